The molecule has 14 heavy (non-hydrogen) atoms. The molecule has 1 N–H and O–H groups in total. The summed E-state index contributed by atoms with van der Waals surface area (Å²) in [6, 6.07) is 0. The fraction of sp³-hybridized carbons (Fsp3) is 0.600. The van der Waals surface area contributed by atoms with Crippen LogP contribution in [-0.2, 0) is 10.0 Å². The third kappa shape index (κ3) is 3.27. The van der Waals surface area contributed by atoms with Gasteiger partial charge in [-0.25, -0.2) is 13.1 Å². The van der Waals surface area contributed by atoms with Gasteiger partial charge in [0.2, 0.25) is 10.0 Å². The summed E-state index contributed by atoms with van der Waals surface area (Å²) in [6.45, 7) is 3.76. The first-order valence-electron chi connectivity index (χ1n) is 4.86. The molecule has 0 bridgehead atoms. The maximum Gasteiger partial charge on any atom is 0.214 e. The van der Waals surface area contributed by atoms with Gasteiger partial charge in [0.15, 0.2) is 0 Å². The van der Waals surface area contributed by atoms with Crippen molar-refractivity contribution >= 4 is 10.0 Å². The Hall–Kier alpha value is -0.610. The number of nitrogens with one attached hydrogen (secondary N) is 1. The molecule has 3 nitrogen and oxygen atoms in total. The van der Waals surface area contributed by atoms with E-state index >= 15 is 0 Å². The maximum absolute atomic E-state index is 11.4. The minimum absolute atomic E-state index is 0.365. The van der Waals surface area contributed by atoms with Crippen molar-refractivity contribution in [3.05, 3.63) is 23.8 Å². The lowest BCUT2D eigenvalue weighted by molar-refractivity contribution is 0.576. The van der Waals surface area contributed by atoms with Gasteiger partial charge in [0.05, 0.1) is 5.25 Å². The zero-order valence-corrected chi connectivity index (χ0v) is 9.47. The van der Waals surface area contributed by atoms with Crippen molar-refractivity contribution in [3.63, 3.8) is 0 Å². The largest absolute Gasteiger partial charge is 0.214 e. The molecule has 0 saturated carbocycles. The van der Waals surface area contributed by atoms with Gasteiger partial charge in [0, 0.05) is 6.54 Å². The molecule has 0 aromatic carbocycles. The van der Waals surface area contributed by atoms with E-state index < -0.39 is 10.0 Å². The average Bonchev–Trinajstić information content (AvgIpc) is 2.16. The van der Waals surface area contributed by atoms with Gasteiger partial charge in [0.25, 0.3) is 0 Å². The fourth-order valence-corrected chi connectivity index (χ4v) is 1.85. The molecule has 1 aliphatic carbocycles. The smallest absolute Gasteiger partial charge is 0.212 e. The fourth-order valence-electron chi connectivity index (χ4n) is 1.15. The van der Waals surface area contributed by atoms with Crippen molar-refractivity contribution in [3.8, 4) is 0 Å². The zero-order valence-electron chi connectivity index (χ0n) is 8.66. The molecule has 0 heterocycles. The van der Waals surface area contributed by atoms with Crippen LogP contribution in [0.2, 0.25) is 0 Å². The molecule has 0 amide bonds. The zero-order chi connectivity index (χ0) is 10.6. The monoisotopic (exact) mass is 215 g/mol. The summed E-state index contributed by atoms with van der Waals surface area (Å²) in [5.41, 5.74) is 1.06. The highest BCUT2D eigenvalue weighted by Gasteiger charge is 2.14. The van der Waals surface area contributed by atoms with Crippen LogP contribution >= 0.6 is 0 Å². The van der Waals surface area contributed by atoms with E-state index in [2.05, 4.69) is 16.9 Å². The van der Waals surface area contributed by atoms with Crippen LogP contribution in [0.3, 0.4) is 0 Å². The number of hydrogen-bond donors (Lipinski definition) is 1. The third-order valence-electron chi connectivity index (χ3n) is 2.17. The van der Waals surface area contributed by atoms with E-state index in [9.17, 15) is 8.42 Å². The molecule has 0 atom stereocenters. The summed E-state index contributed by atoms with van der Waals surface area (Å²) < 4.78 is 25.4. The summed E-state index contributed by atoms with van der Waals surface area (Å²) in [5.74, 6) is 0. The van der Waals surface area contributed by atoms with Crippen LogP contribution in [0, 0.1) is 0 Å². The molecule has 0 saturated heterocycles. The molecule has 0 spiro atoms. The molecule has 0 fully saturated rings. The summed E-state index contributed by atoms with van der Waals surface area (Å²) in [4.78, 5) is 0. The topological polar surface area (TPSA) is 46.2 Å². The summed E-state index contributed by atoms with van der Waals surface area (Å²) in [7, 11) is -3.12. The molecular formula is C10H17NO2S. The van der Waals surface area contributed by atoms with E-state index in [0.29, 0.717) is 6.54 Å². The van der Waals surface area contributed by atoms with Gasteiger partial charge in [-0.15, -0.1) is 0 Å². The van der Waals surface area contributed by atoms with Crippen LogP contribution in [-0.4, -0.2) is 20.2 Å². The average molecular weight is 215 g/mol. The Labute approximate surface area is 85.9 Å². The van der Waals surface area contributed by atoms with Crippen LogP contribution in [0.4, 0.5) is 0 Å². The molecule has 0 aromatic rings. The Morgan fingerprint density at radius 1 is 1.43 bits per heavy atom. The van der Waals surface area contributed by atoms with Crippen molar-refractivity contribution in [2.24, 2.45) is 0 Å². The Morgan fingerprint density at radius 3 is 2.64 bits per heavy atom. The Morgan fingerprint density at radius 2 is 2.14 bits per heavy atom. The summed E-state index contributed by atoms with van der Waals surface area (Å²) in [5, 5.41) is -0.365. The van der Waals surface area contributed by atoms with E-state index in [0.717, 1.165) is 18.4 Å². The molecule has 0 aliphatic heterocycles. The highest BCUT2D eigenvalue weighted by atomic mass is 32.2. The van der Waals surface area contributed by atoms with Crippen molar-refractivity contribution < 1.29 is 8.42 Å². The molecular weight excluding hydrogens is 198 g/mol. The van der Waals surface area contributed by atoms with Gasteiger partial charge in [-0.1, -0.05) is 18.2 Å². The number of rotatable bonds is 4. The molecule has 4 heteroatoms. The SMILES string of the molecule is CC(C)S(=O)(=O)NCC1=CCCC=C1. The van der Waals surface area contributed by atoms with Gasteiger partial charge in [0.1, 0.15) is 0 Å². The lowest BCUT2D eigenvalue weighted by atomic mass is 10.1. The molecule has 1 rings (SSSR count). The van der Waals surface area contributed by atoms with E-state index in [1.54, 1.807) is 13.8 Å². The third-order valence-corrected chi connectivity index (χ3v) is 3.96. The van der Waals surface area contributed by atoms with E-state index in [4.69, 9.17) is 0 Å². The maximum atomic E-state index is 11.4. The van der Waals surface area contributed by atoms with Crippen LogP contribution in [0.1, 0.15) is 26.7 Å². The summed E-state index contributed by atoms with van der Waals surface area (Å²) >= 11 is 0. The van der Waals surface area contributed by atoms with Gasteiger partial charge in [-0.3, -0.25) is 0 Å². The Kier molecular flexibility index (Phi) is 3.89. The van der Waals surface area contributed by atoms with Gasteiger partial charge < -0.3 is 0 Å². The predicted octanol–water partition coefficient (Wildman–Crippen LogP) is 1.59. The standard InChI is InChI=1S/C10H17NO2S/c1-9(2)14(12,13)11-8-10-6-4-3-5-7-10/h4,6-7,9,11H,3,5,8H2,1-2H3. The Bertz CT molecular complexity index is 339. The lowest BCUT2D eigenvalue weighted by Gasteiger charge is -2.11. The highest BCUT2D eigenvalue weighted by Crippen LogP contribution is 2.09. The lowest BCUT2D eigenvalue weighted by Crippen LogP contribution is -2.32. The first kappa shape index (κ1) is 11.5. The first-order valence-corrected chi connectivity index (χ1v) is 6.41. The second-order valence-corrected chi connectivity index (χ2v) is 6.00. The van der Waals surface area contributed by atoms with Crippen LogP contribution in [0.15, 0.2) is 23.8 Å². The highest BCUT2D eigenvalue weighted by molar-refractivity contribution is 7.90. The molecule has 0 radical (unpaired) electrons. The van der Waals surface area contributed by atoms with Gasteiger partial charge in [-0.05, 0) is 32.3 Å². The van der Waals surface area contributed by atoms with E-state index in [-0.39, 0.29) is 5.25 Å². The van der Waals surface area contributed by atoms with Crippen LogP contribution < -0.4 is 4.72 Å². The van der Waals surface area contributed by atoms with Crippen molar-refractivity contribution in [2.75, 3.05) is 6.54 Å². The minimum Gasteiger partial charge on any atom is -0.212 e. The first-order chi connectivity index (χ1) is 6.52. The van der Waals surface area contributed by atoms with E-state index in [1.807, 2.05) is 6.08 Å². The van der Waals surface area contributed by atoms with Crippen molar-refractivity contribution in [2.45, 2.75) is 31.9 Å². The second-order valence-electron chi connectivity index (χ2n) is 3.67. The molecule has 0 unspecified atom stereocenters. The predicted molar refractivity (Wildman–Crippen MR) is 58.5 cm³/mol. The van der Waals surface area contributed by atoms with Gasteiger partial charge in [-0.2, -0.15) is 0 Å². The molecule has 80 valence electrons. The normalized spacial score (nSPS) is 17.2. The Balaban J connectivity index is 2.48. The molecule has 1 aliphatic rings. The number of hydrogen-bond acceptors (Lipinski definition) is 2. The number of sulfonamides is 1. The van der Waals surface area contributed by atoms with Crippen molar-refractivity contribution in [1.29, 1.82) is 0 Å². The van der Waals surface area contributed by atoms with Gasteiger partial charge >= 0.3 is 0 Å². The minimum atomic E-state index is -3.12. The van der Waals surface area contributed by atoms with Crippen LogP contribution in [0.25, 0.3) is 0 Å². The summed E-state index contributed by atoms with van der Waals surface area (Å²) in [6.07, 6.45) is 8.18. The van der Waals surface area contributed by atoms with Crippen LogP contribution in [0.5, 0.6) is 0 Å². The van der Waals surface area contributed by atoms with Crippen molar-refractivity contribution in [1.82, 2.24) is 4.72 Å². The quantitative estimate of drug-likeness (QED) is 0.774. The number of allylic oxidation sites excluding steroid dienone is 2. The molecule has 0 aromatic heterocycles. The van der Waals surface area contributed by atoms with E-state index in [1.165, 1.54) is 0 Å². The second kappa shape index (κ2) is 4.75.